The molecule has 0 unspecified atom stereocenters. The summed E-state index contributed by atoms with van der Waals surface area (Å²) in [6.45, 7) is 0. The predicted octanol–water partition coefficient (Wildman–Crippen LogP) is 2.99. The standard InChI is InChI=1S/C11H16N3P/c12-6-1-3-9-15(11-5-8-14)10-4-2-7-13/h1-5,9-11H2. The summed E-state index contributed by atoms with van der Waals surface area (Å²) >= 11 is 0. The van der Waals surface area contributed by atoms with Crippen LogP contribution in [-0.2, 0) is 0 Å². The van der Waals surface area contributed by atoms with Crippen molar-refractivity contribution in [2.24, 2.45) is 0 Å². The third-order valence-electron chi connectivity index (χ3n) is 2.07. The molecule has 0 aromatic carbocycles. The Labute approximate surface area is 93.1 Å². The zero-order valence-electron chi connectivity index (χ0n) is 8.95. The van der Waals surface area contributed by atoms with Crippen molar-refractivity contribution >= 4 is 7.92 Å². The van der Waals surface area contributed by atoms with Crippen LogP contribution in [0.4, 0.5) is 0 Å². The van der Waals surface area contributed by atoms with Crippen LogP contribution in [0, 0.1) is 34.0 Å². The summed E-state index contributed by atoms with van der Waals surface area (Å²) in [6, 6.07) is 6.44. The van der Waals surface area contributed by atoms with E-state index in [9.17, 15) is 0 Å². The van der Waals surface area contributed by atoms with Crippen molar-refractivity contribution in [3.8, 4) is 18.2 Å². The maximum absolute atomic E-state index is 8.51. The Kier molecular flexibility index (Phi) is 10.2. The molecule has 0 radical (unpaired) electrons. The topological polar surface area (TPSA) is 71.4 Å². The molecule has 80 valence electrons. The van der Waals surface area contributed by atoms with Crippen LogP contribution in [0.5, 0.6) is 0 Å². The zero-order chi connectivity index (χ0) is 11.4. The lowest BCUT2D eigenvalue weighted by molar-refractivity contribution is 0.939. The molecule has 0 aliphatic heterocycles. The lowest BCUT2D eigenvalue weighted by Crippen LogP contribution is -1.95. The number of unbranched alkanes of at least 4 members (excludes halogenated alkanes) is 2. The van der Waals surface area contributed by atoms with Gasteiger partial charge in [0.25, 0.3) is 0 Å². The Morgan fingerprint density at radius 1 is 0.667 bits per heavy atom. The average molecular weight is 221 g/mol. The third kappa shape index (κ3) is 9.21. The summed E-state index contributed by atoms with van der Waals surface area (Å²) in [7, 11) is -0.114. The fraction of sp³-hybridized carbons (Fsp3) is 0.727. The van der Waals surface area contributed by atoms with Crippen molar-refractivity contribution in [1.29, 1.82) is 15.8 Å². The van der Waals surface area contributed by atoms with Crippen molar-refractivity contribution in [1.82, 2.24) is 0 Å². The Hall–Kier alpha value is -1.10. The highest BCUT2D eigenvalue weighted by molar-refractivity contribution is 7.57. The first-order valence-electron chi connectivity index (χ1n) is 5.18. The molecular formula is C11H16N3P. The van der Waals surface area contributed by atoms with Gasteiger partial charge in [0.15, 0.2) is 0 Å². The van der Waals surface area contributed by atoms with Gasteiger partial charge in [-0.2, -0.15) is 15.8 Å². The molecule has 0 atom stereocenters. The summed E-state index contributed by atoms with van der Waals surface area (Å²) < 4.78 is 0. The molecule has 0 fully saturated rings. The molecule has 0 spiro atoms. The van der Waals surface area contributed by atoms with Crippen LogP contribution in [0.1, 0.15) is 32.1 Å². The summed E-state index contributed by atoms with van der Waals surface area (Å²) in [6.07, 6.45) is 6.87. The van der Waals surface area contributed by atoms with E-state index in [0.717, 1.165) is 31.3 Å². The highest BCUT2D eigenvalue weighted by atomic mass is 31.1. The van der Waals surface area contributed by atoms with Gasteiger partial charge in [-0.1, -0.05) is 0 Å². The van der Waals surface area contributed by atoms with E-state index < -0.39 is 0 Å². The summed E-state index contributed by atoms with van der Waals surface area (Å²) in [5, 5.41) is 25.4. The van der Waals surface area contributed by atoms with Gasteiger partial charge in [-0.05, 0) is 31.3 Å². The molecule has 0 amide bonds. The van der Waals surface area contributed by atoms with E-state index in [1.807, 2.05) is 0 Å². The van der Waals surface area contributed by atoms with E-state index in [0.29, 0.717) is 19.3 Å². The van der Waals surface area contributed by atoms with E-state index in [1.165, 1.54) is 0 Å². The van der Waals surface area contributed by atoms with Crippen LogP contribution in [0.15, 0.2) is 0 Å². The first-order chi connectivity index (χ1) is 7.35. The second-order valence-electron chi connectivity index (χ2n) is 3.27. The van der Waals surface area contributed by atoms with Crippen molar-refractivity contribution in [3.05, 3.63) is 0 Å². The first kappa shape index (κ1) is 13.9. The third-order valence-corrected chi connectivity index (χ3v) is 4.82. The smallest absolute Gasteiger partial charge is 0.0625 e. The molecule has 0 aromatic heterocycles. The monoisotopic (exact) mass is 221 g/mol. The minimum absolute atomic E-state index is 0.114. The minimum Gasteiger partial charge on any atom is -0.198 e. The second kappa shape index (κ2) is 11.0. The normalized spacial score (nSPS) is 9.20. The summed E-state index contributed by atoms with van der Waals surface area (Å²) in [5.74, 6) is 0. The van der Waals surface area contributed by atoms with E-state index in [-0.39, 0.29) is 7.92 Å². The van der Waals surface area contributed by atoms with Crippen LogP contribution >= 0.6 is 7.92 Å². The molecule has 0 heterocycles. The summed E-state index contributed by atoms with van der Waals surface area (Å²) in [5.41, 5.74) is 0. The highest BCUT2D eigenvalue weighted by Crippen LogP contribution is 2.38. The van der Waals surface area contributed by atoms with E-state index in [2.05, 4.69) is 18.2 Å². The molecule has 0 saturated carbocycles. The predicted molar refractivity (Wildman–Crippen MR) is 61.4 cm³/mol. The average Bonchev–Trinajstić information content (AvgIpc) is 2.25. The van der Waals surface area contributed by atoms with Gasteiger partial charge in [0.2, 0.25) is 0 Å². The maximum atomic E-state index is 8.51. The van der Waals surface area contributed by atoms with Gasteiger partial charge < -0.3 is 0 Å². The van der Waals surface area contributed by atoms with Crippen molar-refractivity contribution in [3.63, 3.8) is 0 Å². The molecule has 0 aliphatic carbocycles. The molecular weight excluding hydrogens is 205 g/mol. The molecule has 4 heteroatoms. The molecule has 0 aromatic rings. The first-order valence-corrected chi connectivity index (χ1v) is 7.08. The molecule has 3 nitrogen and oxygen atoms in total. The van der Waals surface area contributed by atoms with Crippen molar-refractivity contribution in [2.45, 2.75) is 32.1 Å². The number of hydrogen-bond donors (Lipinski definition) is 0. The van der Waals surface area contributed by atoms with Crippen molar-refractivity contribution in [2.75, 3.05) is 18.5 Å². The van der Waals surface area contributed by atoms with E-state index in [4.69, 9.17) is 15.8 Å². The van der Waals surface area contributed by atoms with E-state index in [1.54, 1.807) is 0 Å². The highest BCUT2D eigenvalue weighted by Gasteiger charge is 2.06. The van der Waals surface area contributed by atoms with Crippen LogP contribution in [-0.4, -0.2) is 18.5 Å². The van der Waals surface area contributed by atoms with Crippen LogP contribution < -0.4 is 0 Å². The molecule has 0 bridgehead atoms. The van der Waals surface area contributed by atoms with Gasteiger partial charge >= 0.3 is 0 Å². The van der Waals surface area contributed by atoms with E-state index >= 15 is 0 Å². The SMILES string of the molecule is N#CCCCP(CCC#N)CCCC#N. The van der Waals surface area contributed by atoms with Gasteiger partial charge in [-0.15, -0.1) is 7.92 Å². The lowest BCUT2D eigenvalue weighted by Gasteiger charge is -2.14. The Morgan fingerprint density at radius 3 is 1.53 bits per heavy atom. The quantitative estimate of drug-likeness (QED) is 0.467. The fourth-order valence-electron chi connectivity index (χ4n) is 1.31. The van der Waals surface area contributed by atoms with Gasteiger partial charge in [0, 0.05) is 19.3 Å². The van der Waals surface area contributed by atoms with Crippen LogP contribution in [0.25, 0.3) is 0 Å². The second-order valence-corrected chi connectivity index (χ2v) is 5.96. The summed E-state index contributed by atoms with van der Waals surface area (Å²) in [4.78, 5) is 0. The Balaban J connectivity index is 3.70. The largest absolute Gasteiger partial charge is 0.198 e. The van der Waals surface area contributed by atoms with Gasteiger partial charge in [0.1, 0.15) is 0 Å². The number of nitrogens with zero attached hydrogens (tertiary/aromatic N) is 3. The van der Waals surface area contributed by atoms with Gasteiger partial charge in [-0.3, -0.25) is 0 Å². The van der Waals surface area contributed by atoms with Gasteiger partial charge in [-0.25, -0.2) is 0 Å². The minimum atomic E-state index is -0.114. The number of nitriles is 3. The maximum Gasteiger partial charge on any atom is 0.0625 e. The van der Waals surface area contributed by atoms with Crippen LogP contribution in [0.3, 0.4) is 0 Å². The van der Waals surface area contributed by atoms with Crippen LogP contribution in [0.2, 0.25) is 0 Å². The van der Waals surface area contributed by atoms with Crippen molar-refractivity contribution < 1.29 is 0 Å². The zero-order valence-corrected chi connectivity index (χ0v) is 9.84. The molecule has 0 aliphatic rings. The fourth-order valence-corrected chi connectivity index (χ4v) is 3.60. The number of rotatable bonds is 8. The van der Waals surface area contributed by atoms with Gasteiger partial charge in [0.05, 0.1) is 18.2 Å². The Bertz CT molecular complexity index is 249. The number of hydrogen-bond acceptors (Lipinski definition) is 3. The Morgan fingerprint density at radius 2 is 1.13 bits per heavy atom. The molecule has 0 rings (SSSR count). The molecule has 15 heavy (non-hydrogen) atoms. The molecule has 0 N–H and O–H groups in total. The lowest BCUT2D eigenvalue weighted by atomic mass is 10.4. The molecule has 0 saturated heterocycles.